The van der Waals surface area contributed by atoms with E-state index in [0.717, 1.165) is 16.7 Å². The number of benzene rings is 3. The van der Waals surface area contributed by atoms with E-state index in [0.29, 0.717) is 16.3 Å². The summed E-state index contributed by atoms with van der Waals surface area (Å²) in [7, 11) is 0. The summed E-state index contributed by atoms with van der Waals surface area (Å²) in [6, 6.07) is 13.4. The van der Waals surface area contributed by atoms with Crippen molar-refractivity contribution in [3.05, 3.63) is 68.8 Å². The van der Waals surface area contributed by atoms with Crippen LogP contribution in [0.25, 0.3) is 33.0 Å². The SMILES string of the molecule is O=[N+]([O-])c1cc2c3c(ccc([N+](=O)[O-])c3c1)-c1ccccc1-2. The van der Waals surface area contributed by atoms with Crippen LogP contribution in [0.3, 0.4) is 0 Å². The molecule has 1 aliphatic rings. The summed E-state index contributed by atoms with van der Waals surface area (Å²) >= 11 is 0. The largest absolute Gasteiger partial charge is 0.277 e. The van der Waals surface area contributed by atoms with Gasteiger partial charge in [0.1, 0.15) is 0 Å². The van der Waals surface area contributed by atoms with Crippen LogP contribution in [-0.2, 0) is 0 Å². The van der Waals surface area contributed by atoms with Gasteiger partial charge in [-0.05, 0) is 28.3 Å². The standard InChI is InChI=1S/C16H8N2O4/c19-17(20)9-7-13-11-4-2-1-3-10(11)12-5-6-15(18(21)22)14(8-9)16(12)13/h1-8H. The molecule has 0 heterocycles. The fourth-order valence-corrected chi connectivity index (χ4v) is 3.11. The summed E-state index contributed by atoms with van der Waals surface area (Å²) in [6.07, 6.45) is 0. The molecule has 3 aromatic rings. The minimum atomic E-state index is -0.521. The molecule has 0 aliphatic heterocycles. The molecule has 0 atom stereocenters. The maximum Gasteiger partial charge on any atom is 0.277 e. The zero-order valence-corrected chi connectivity index (χ0v) is 11.1. The fourth-order valence-electron chi connectivity index (χ4n) is 3.11. The molecule has 6 heteroatoms. The van der Waals surface area contributed by atoms with Crippen molar-refractivity contribution in [1.29, 1.82) is 0 Å². The molecular formula is C16H8N2O4. The Kier molecular flexibility index (Phi) is 2.33. The Hall–Kier alpha value is -3.28. The van der Waals surface area contributed by atoms with Gasteiger partial charge in [-0.2, -0.15) is 0 Å². The van der Waals surface area contributed by atoms with Crippen LogP contribution in [-0.4, -0.2) is 9.85 Å². The number of hydrogen-bond donors (Lipinski definition) is 0. The second-order valence-electron chi connectivity index (χ2n) is 5.11. The third-order valence-corrected chi connectivity index (χ3v) is 3.99. The van der Waals surface area contributed by atoms with Crippen LogP contribution in [0.5, 0.6) is 0 Å². The molecule has 4 rings (SSSR count). The number of nitro groups is 2. The molecule has 1 aliphatic carbocycles. The first kappa shape index (κ1) is 12.5. The average Bonchev–Trinajstić information content (AvgIpc) is 2.83. The maximum atomic E-state index is 11.2. The average molecular weight is 292 g/mol. The van der Waals surface area contributed by atoms with Crippen LogP contribution < -0.4 is 0 Å². The van der Waals surface area contributed by atoms with Crippen LogP contribution >= 0.6 is 0 Å². The predicted octanol–water partition coefficient (Wildman–Crippen LogP) is 4.30. The smallest absolute Gasteiger partial charge is 0.258 e. The Labute approximate surface area is 123 Å². The van der Waals surface area contributed by atoms with Gasteiger partial charge in [0.05, 0.1) is 15.2 Å². The van der Waals surface area contributed by atoms with E-state index < -0.39 is 9.85 Å². The highest BCUT2D eigenvalue weighted by atomic mass is 16.6. The normalized spacial score (nSPS) is 11.5. The summed E-state index contributed by atoms with van der Waals surface area (Å²) < 4.78 is 0. The first-order chi connectivity index (χ1) is 10.6. The molecule has 0 amide bonds. The van der Waals surface area contributed by atoms with E-state index in [1.807, 2.05) is 24.3 Å². The number of fused-ring (bicyclic) bond motifs is 3. The van der Waals surface area contributed by atoms with Gasteiger partial charge >= 0.3 is 0 Å². The quantitative estimate of drug-likeness (QED) is 0.407. The number of non-ortho nitro benzene ring substituents is 2. The van der Waals surface area contributed by atoms with E-state index in [1.165, 1.54) is 18.2 Å². The van der Waals surface area contributed by atoms with Gasteiger partial charge in [-0.25, -0.2) is 0 Å². The summed E-state index contributed by atoms with van der Waals surface area (Å²) in [5.74, 6) is 0. The molecule has 0 bridgehead atoms. The van der Waals surface area contributed by atoms with Gasteiger partial charge < -0.3 is 0 Å². The highest BCUT2D eigenvalue weighted by Gasteiger charge is 2.28. The zero-order chi connectivity index (χ0) is 15.4. The van der Waals surface area contributed by atoms with Crippen LogP contribution in [0.2, 0.25) is 0 Å². The highest BCUT2D eigenvalue weighted by molar-refractivity contribution is 6.18. The van der Waals surface area contributed by atoms with Crippen LogP contribution in [0, 0.1) is 20.2 Å². The molecule has 0 aromatic heterocycles. The molecule has 0 unspecified atom stereocenters. The van der Waals surface area contributed by atoms with Crippen molar-refractivity contribution in [2.24, 2.45) is 0 Å². The van der Waals surface area contributed by atoms with Crippen LogP contribution in [0.4, 0.5) is 11.4 Å². The van der Waals surface area contributed by atoms with Gasteiger partial charge in [0, 0.05) is 23.6 Å². The van der Waals surface area contributed by atoms with Gasteiger partial charge in [-0.15, -0.1) is 0 Å². The molecule has 0 fully saturated rings. The molecule has 0 saturated carbocycles. The van der Waals surface area contributed by atoms with Gasteiger partial charge in [-0.3, -0.25) is 20.2 Å². The molecule has 0 saturated heterocycles. The summed E-state index contributed by atoms with van der Waals surface area (Å²) in [4.78, 5) is 21.4. The van der Waals surface area contributed by atoms with Gasteiger partial charge in [0.25, 0.3) is 11.4 Å². The van der Waals surface area contributed by atoms with Gasteiger partial charge in [0.2, 0.25) is 0 Å². The zero-order valence-electron chi connectivity index (χ0n) is 11.1. The Balaban J connectivity index is 2.23. The van der Waals surface area contributed by atoms with E-state index >= 15 is 0 Å². The lowest BCUT2D eigenvalue weighted by atomic mass is 10.0. The first-order valence-corrected chi connectivity index (χ1v) is 6.57. The van der Waals surface area contributed by atoms with E-state index in [-0.39, 0.29) is 11.4 Å². The number of hydrogen-bond acceptors (Lipinski definition) is 4. The topological polar surface area (TPSA) is 86.3 Å². The summed E-state index contributed by atoms with van der Waals surface area (Å²) in [5, 5.41) is 23.4. The lowest BCUT2D eigenvalue weighted by molar-refractivity contribution is -0.385. The minimum absolute atomic E-state index is 0.114. The van der Waals surface area contributed by atoms with Gasteiger partial charge in [-0.1, -0.05) is 24.3 Å². The van der Waals surface area contributed by atoms with Crippen molar-refractivity contribution in [2.75, 3.05) is 0 Å². The third-order valence-electron chi connectivity index (χ3n) is 3.99. The lowest BCUT2D eigenvalue weighted by Gasteiger charge is -2.03. The van der Waals surface area contributed by atoms with Crippen molar-refractivity contribution in [3.63, 3.8) is 0 Å². The minimum Gasteiger partial charge on any atom is -0.258 e. The Morgan fingerprint density at radius 2 is 1.41 bits per heavy atom. The van der Waals surface area contributed by atoms with Crippen molar-refractivity contribution in [3.8, 4) is 22.3 Å². The number of nitrogens with zero attached hydrogens (tertiary/aromatic N) is 2. The first-order valence-electron chi connectivity index (χ1n) is 6.57. The number of nitro benzene ring substituents is 2. The predicted molar refractivity (Wildman–Crippen MR) is 81.7 cm³/mol. The van der Waals surface area contributed by atoms with Crippen molar-refractivity contribution >= 4 is 22.1 Å². The molecule has 0 N–H and O–H groups in total. The van der Waals surface area contributed by atoms with Crippen molar-refractivity contribution in [2.45, 2.75) is 0 Å². The van der Waals surface area contributed by atoms with E-state index in [4.69, 9.17) is 0 Å². The molecule has 0 radical (unpaired) electrons. The highest BCUT2D eigenvalue weighted by Crippen LogP contribution is 2.50. The molecular weight excluding hydrogens is 284 g/mol. The third kappa shape index (κ3) is 1.49. The second kappa shape index (κ2) is 4.11. The lowest BCUT2D eigenvalue weighted by Crippen LogP contribution is -1.93. The molecule has 6 nitrogen and oxygen atoms in total. The molecule has 22 heavy (non-hydrogen) atoms. The Morgan fingerprint density at radius 3 is 2.05 bits per heavy atom. The molecule has 106 valence electrons. The van der Waals surface area contributed by atoms with E-state index in [1.54, 1.807) is 6.07 Å². The van der Waals surface area contributed by atoms with Gasteiger partial charge in [0.15, 0.2) is 0 Å². The Morgan fingerprint density at radius 1 is 0.727 bits per heavy atom. The van der Waals surface area contributed by atoms with Crippen LogP contribution in [0.1, 0.15) is 0 Å². The van der Waals surface area contributed by atoms with E-state index in [2.05, 4.69) is 0 Å². The monoisotopic (exact) mass is 292 g/mol. The second-order valence-corrected chi connectivity index (χ2v) is 5.11. The van der Waals surface area contributed by atoms with Crippen molar-refractivity contribution in [1.82, 2.24) is 0 Å². The van der Waals surface area contributed by atoms with Crippen molar-refractivity contribution < 1.29 is 9.85 Å². The Bertz CT molecular complexity index is 995. The fraction of sp³-hybridized carbons (Fsp3) is 0. The maximum absolute atomic E-state index is 11.2. The molecule has 0 spiro atoms. The molecule has 3 aromatic carbocycles. The summed E-state index contributed by atoms with van der Waals surface area (Å²) in [5.41, 5.74) is 3.11. The summed E-state index contributed by atoms with van der Waals surface area (Å²) in [6.45, 7) is 0. The van der Waals surface area contributed by atoms with E-state index in [9.17, 15) is 20.2 Å². The van der Waals surface area contributed by atoms with Crippen LogP contribution in [0.15, 0.2) is 48.5 Å². The number of rotatable bonds is 2.